The molecule has 0 aromatic heterocycles. The fourth-order valence-electron chi connectivity index (χ4n) is 1.56. The summed E-state index contributed by atoms with van der Waals surface area (Å²) in [5.74, 6) is 0. The summed E-state index contributed by atoms with van der Waals surface area (Å²) in [4.78, 5) is 0. The third-order valence-corrected chi connectivity index (χ3v) is 2.29. The van der Waals surface area contributed by atoms with Crippen molar-refractivity contribution in [2.24, 2.45) is 0 Å². The number of benzene rings is 1. The Bertz CT molecular complexity index is 333. The van der Waals surface area contributed by atoms with Gasteiger partial charge in [0.1, 0.15) is 0 Å². The molecule has 1 unspecified atom stereocenters. The van der Waals surface area contributed by atoms with Gasteiger partial charge in [0.2, 0.25) is 0 Å². The van der Waals surface area contributed by atoms with E-state index in [9.17, 15) is 13.2 Å². The molecule has 0 aliphatic rings. The van der Waals surface area contributed by atoms with Crippen LogP contribution in [0.1, 0.15) is 25.8 Å². The summed E-state index contributed by atoms with van der Waals surface area (Å²) >= 11 is 0. The molecule has 0 aliphatic heterocycles. The van der Waals surface area contributed by atoms with E-state index in [0.29, 0.717) is 0 Å². The zero-order valence-electron chi connectivity index (χ0n) is 9.43. The van der Waals surface area contributed by atoms with Crippen LogP contribution in [0.3, 0.4) is 0 Å². The Kier molecular flexibility index (Phi) is 4.21. The summed E-state index contributed by atoms with van der Waals surface area (Å²) in [6.07, 6.45) is -4.05. The van der Waals surface area contributed by atoms with Gasteiger partial charge in [-0.25, -0.2) is 0 Å². The maximum atomic E-state index is 12.1. The van der Waals surface area contributed by atoms with Crippen LogP contribution in [0.5, 0.6) is 0 Å². The lowest BCUT2D eigenvalue weighted by Gasteiger charge is -2.17. The standard InChI is InChI=1S/C12H16F3N/c1-3-10-5-4-6-11(7-10)16-9(2)8-12(13,14)15/h4-7,9,16H,3,8H2,1-2H3. The van der Waals surface area contributed by atoms with Crippen molar-refractivity contribution in [1.29, 1.82) is 0 Å². The van der Waals surface area contributed by atoms with Crippen LogP contribution >= 0.6 is 0 Å². The third-order valence-electron chi connectivity index (χ3n) is 2.29. The SMILES string of the molecule is CCc1cccc(NC(C)CC(F)(F)F)c1. The Balaban J connectivity index is 2.59. The normalized spacial score (nSPS) is 13.6. The van der Waals surface area contributed by atoms with E-state index in [4.69, 9.17) is 0 Å². The number of anilines is 1. The molecule has 0 saturated carbocycles. The summed E-state index contributed by atoms with van der Waals surface area (Å²) in [5, 5.41) is 2.85. The fourth-order valence-corrected chi connectivity index (χ4v) is 1.56. The topological polar surface area (TPSA) is 12.0 Å². The van der Waals surface area contributed by atoms with Gasteiger partial charge in [0.25, 0.3) is 0 Å². The van der Waals surface area contributed by atoms with Crippen LogP contribution in [0.15, 0.2) is 24.3 Å². The van der Waals surface area contributed by atoms with Gasteiger partial charge in [-0.05, 0) is 31.0 Å². The van der Waals surface area contributed by atoms with Crippen LogP contribution in [-0.4, -0.2) is 12.2 Å². The van der Waals surface area contributed by atoms with Crippen molar-refractivity contribution in [1.82, 2.24) is 0 Å². The zero-order chi connectivity index (χ0) is 12.2. The molecule has 0 heterocycles. The van der Waals surface area contributed by atoms with Crippen molar-refractivity contribution in [3.8, 4) is 0 Å². The third kappa shape index (κ3) is 4.55. The Hall–Kier alpha value is -1.19. The van der Waals surface area contributed by atoms with Gasteiger partial charge in [-0.15, -0.1) is 0 Å². The summed E-state index contributed by atoms with van der Waals surface area (Å²) < 4.78 is 36.3. The molecule has 1 aromatic carbocycles. The summed E-state index contributed by atoms with van der Waals surface area (Å²) in [7, 11) is 0. The van der Waals surface area contributed by atoms with Gasteiger partial charge < -0.3 is 5.32 Å². The second-order valence-electron chi connectivity index (χ2n) is 3.92. The zero-order valence-corrected chi connectivity index (χ0v) is 9.43. The van der Waals surface area contributed by atoms with E-state index in [-0.39, 0.29) is 0 Å². The second kappa shape index (κ2) is 5.23. The average molecular weight is 231 g/mol. The lowest BCUT2D eigenvalue weighted by Crippen LogP contribution is -2.23. The minimum atomic E-state index is -4.12. The fraction of sp³-hybridized carbons (Fsp3) is 0.500. The molecule has 16 heavy (non-hydrogen) atoms. The van der Waals surface area contributed by atoms with Crippen molar-refractivity contribution < 1.29 is 13.2 Å². The number of alkyl halides is 3. The number of aryl methyl sites for hydroxylation is 1. The lowest BCUT2D eigenvalue weighted by atomic mass is 10.1. The first-order chi connectivity index (χ1) is 7.40. The molecule has 0 saturated heterocycles. The van der Waals surface area contributed by atoms with Crippen molar-refractivity contribution in [3.05, 3.63) is 29.8 Å². The summed E-state index contributed by atoms with van der Waals surface area (Å²) in [6.45, 7) is 3.55. The van der Waals surface area contributed by atoms with Crippen LogP contribution in [0, 0.1) is 0 Å². The first-order valence-corrected chi connectivity index (χ1v) is 5.33. The molecule has 0 radical (unpaired) electrons. The molecular weight excluding hydrogens is 215 g/mol. The van der Waals surface area contributed by atoms with Crippen LogP contribution in [-0.2, 0) is 6.42 Å². The number of hydrogen-bond donors (Lipinski definition) is 1. The predicted octanol–water partition coefficient (Wildman–Crippen LogP) is 4.00. The highest BCUT2D eigenvalue weighted by Crippen LogP contribution is 2.23. The van der Waals surface area contributed by atoms with E-state index < -0.39 is 18.6 Å². The number of halogens is 3. The first-order valence-electron chi connectivity index (χ1n) is 5.33. The van der Waals surface area contributed by atoms with Crippen molar-refractivity contribution in [3.63, 3.8) is 0 Å². The molecule has 4 heteroatoms. The van der Waals surface area contributed by atoms with E-state index in [0.717, 1.165) is 17.7 Å². The Labute approximate surface area is 93.7 Å². The number of rotatable bonds is 4. The van der Waals surface area contributed by atoms with Gasteiger partial charge in [-0.2, -0.15) is 13.2 Å². The molecule has 0 bridgehead atoms. The van der Waals surface area contributed by atoms with Gasteiger partial charge in [0, 0.05) is 11.7 Å². The van der Waals surface area contributed by atoms with Crippen LogP contribution < -0.4 is 5.32 Å². The molecule has 1 N–H and O–H groups in total. The van der Waals surface area contributed by atoms with Crippen molar-refractivity contribution >= 4 is 5.69 Å². The minimum absolute atomic E-state index is 0.605. The largest absolute Gasteiger partial charge is 0.391 e. The molecule has 1 nitrogen and oxygen atoms in total. The van der Waals surface area contributed by atoms with E-state index in [2.05, 4.69) is 5.32 Å². The van der Waals surface area contributed by atoms with E-state index in [1.54, 1.807) is 6.07 Å². The highest BCUT2D eigenvalue weighted by molar-refractivity contribution is 5.46. The summed E-state index contributed by atoms with van der Waals surface area (Å²) in [5.41, 5.74) is 1.86. The van der Waals surface area contributed by atoms with Gasteiger partial charge in [0.05, 0.1) is 6.42 Å². The highest BCUT2D eigenvalue weighted by Gasteiger charge is 2.29. The Morgan fingerprint density at radius 2 is 2.00 bits per heavy atom. The van der Waals surface area contributed by atoms with E-state index in [1.807, 2.05) is 25.1 Å². The van der Waals surface area contributed by atoms with Crippen molar-refractivity contribution in [2.45, 2.75) is 38.9 Å². The van der Waals surface area contributed by atoms with Crippen LogP contribution in [0.25, 0.3) is 0 Å². The van der Waals surface area contributed by atoms with Crippen LogP contribution in [0.2, 0.25) is 0 Å². The smallest absolute Gasteiger partial charge is 0.382 e. The maximum absolute atomic E-state index is 12.1. The highest BCUT2D eigenvalue weighted by atomic mass is 19.4. The van der Waals surface area contributed by atoms with Gasteiger partial charge in [-0.1, -0.05) is 19.1 Å². The molecular formula is C12H16F3N. The van der Waals surface area contributed by atoms with E-state index >= 15 is 0 Å². The van der Waals surface area contributed by atoms with Gasteiger partial charge >= 0.3 is 6.18 Å². The molecule has 0 amide bonds. The Morgan fingerprint density at radius 3 is 2.56 bits per heavy atom. The molecule has 0 fully saturated rings. The first kappa shape index (κ1) is 12.9. The molecule has 1 aromatic rings. The van der Waals surface area contributed by atoms with E-state index in [1.165, 1.54) is 6.92 Å². The quantitative estimate of drug-likeness (QED) is 0.825. The molecule has 0 aliphatic carbocycles. The second-order valence-corrected chi connectivity index (χ2v) is 3.92. The molecule has 0 spiro atoms. The number of nitrogens with one attached hydrogen (secondary N) is 1. The molecule has 1 atom stereocenters. The van der Waals surface area contributed by atoms with Crippen LogP contribution in [0.4, 0.5) is 18.9 Å². The van der Waals surface area contributed by atoms with Gasteiger partial charge in [-0.3, -0.25) is 0 Å². The minimum Gasteiger partial charge on any atom is -0.382 e. The van der Waals surface area contributed by atoms with Gasteiger partial charge in [0.15, 0.2) is 0 Å². The number of hydrogen-bond acceptors (Lipinski definition) is 1. The average Bonchev–Trinajstić information content (AvgIpc) is 2.15. The Morgan fingerprint density at radius 1 is 1.31 bits per heavy atom. The lowest BCUT2D eigenvalue weighted by molar-refractivity contribution is -0.136. The maximum Gasteiger partial charge on any atom is 0.391 e. The summed E-state index contributed by atoms with van der Waals surface area (Å²) in [6, 6.07) is 6.87. The monoisotopic (exact) mass is 231 g/mol. The molecule has 1 rings (SSSR count). The van der Waals surface area contributed by atoms with Crippen molar-refractivity contribution in [2.75, 3.05) is 5.32 Å². The molecule has 90 valence electrons. The predicted molar refractivity (Wildman–Crippen MR) is 59.6 cm³/mol.